The number of carbonyl (C=O) groups is 2. The van der Waals surface area contributed by atoms with E-state index in [4.69, 9.17) is 16.9 Å². The number of nitrogens with two attached hydrogens (primary N) is 1. The second kappa shape index (κ2) is 6.47. The summed E-state index contributed by atoms with van der Waals surface area (Å²) in [4.78, 5) is 30.4. The van der Waals surface area contributed by atoms with Crippen molar-refractivity contribution in [2.45, 2.75) is 32.8 Å². The number of fused-ring (bicyclic) bond motifs is 1. The molecular weight excluding hydrogens is 344 g/mol. The second-order valence-corrected chi connectivity index (χ2v) is 7.44. The lowest BCUT2D eigenvalue weighted by Crippen LogP contribution is -2.44. The molecule has 0 spiro atoms. The molecule has 0 radical (unpaired) electrons. The second-order valence-electron chi connectivity index (χ2n) is 7.44. The largest absolute Gasteiger partial charge is 0.443 e. The van der Waals surface area contributed by atoms with E-state index in [0.29, 0.717) is 23.4 Å². The van der Waals surface area contributed by atoms with Gasteiger partial charge in [0.15, 0.2) is 0 Å². The first kappa shape index (κ1) is 18.5. The number of carbonyl (C=O) groups excluding carboxylic acids is 2. The average molecular weight is 366 g/mol. The van der Waals surface area contributed by atoms with Crippen LogP contribution in [0, 0.1) is 12.3 Å². The number of rotatable bonds is 1. The third kappa shape index (κ3) is 3.38. The van der Waals surface area contributed by atoms with Gasteiger partial charge in [-0.15, -0.1) is 6.42 Å². The summed E-state index contributed by atoms with van der Waals surface area (Å²) in [5, 5.41) is 0. The number of nitrogens with zero attached hydrogens (tertiary/aromatic N) is 3. The van der Waals surface area contributed by atoms with E-state index in [2.05, 4.69) is 10.9 Å². The Hall–Kier alpha value is -3.27. The van der Waals surface area contributed by atoms with Gasteiger partial charge in [0, 0.05) is 37.5 Å². The summed E-state index contributed by atoms with van der Waals surface area (Å²) in [7, 11) is 1.86. The summed E-state index contributed by atoms with van der Waals surface area (Å²) in [6.45, 7) is 5.56. The average Bonchev–Trinajstić information content (AvgIpc) is 2.91. The number of hydrogen-bond donors (Lipinski definition) is 1. The summed E-state index contributed by atoms with van der Waals surface area (Å²) in [6, 6.07) is 3.43. The molecule has 2 N–H and O–H groups in total. The highest BCUT2D eigenvalue weighted by Crippen LogP contribution is 2.31. The summed E-state index contributed by atoms with van der Waals surface area (Å²) in [6.07, 6.45) is 7.01. The lowest BCUT2D eigenvalue weighted by Gasteiger charge is -2.28. The first-order chi connectivity index (χ1) is 12.6. The van der Waals surface area contributed by atoms with Gasteiger partial charge in [-0.1, -0.05) is 5.92 Å². The molecule has 0 saturated heterocycles. The number of terminal acetylenes is 1. The maximum absolute atomic E-state index is 12.9. The Morgan fingerprint density at radius 3 is 2.67 bits per heavy atom. The van der Waals surface area contributed by atoms with Crippen LogP contribution in [-0.4, -0.2) is 38.6 Å². The molecule has 0 saturated carbocycles. The predicted molar refractivity (Wildman–Crippen MR) is 102 cm³/mol. The van der Waals surface area contributed by atoms with Crippen molar-refractivity contribution in [2.75, 3.05) is 12.3 Å². The van der Waals surface area contributed by atoms with Crippen LogP contribution >= 0.6 is 0 Å². The molecule has 0 fully saturated rings. The Bertz CT molecular complexity index is 976. The van der Waals surface area contributed by atoms with Crippen molar-refractivity contribution in [1.82, 2.24) is 14.5 Å². The van der Waals surface area contributed by atoms with Gasteiger partial charge in [0.05, 0.1) is 16.8 Å². The van der Waals surface area contributed by atoms with Crippen molar-refractivity contribution in [2.24, 2.45) is 7.05 Å². The first-order valence-electron chi connectivity index (χ1n) is 8.58. The van der Waals surface area contributed by atoms with Gasteiger partial charge in [-0.3, -0.25) is 4.79 Å². The molecule has 2 aromatic heterocycles. The number of anilines is 1. The number of nitrogen functional groups attached to an aromatic ring is 1. The number of hydrogen-bond acceptors (Lipinski definition) is 5. The first-order valence-corrected chi connectivity index (χ1v) is 8.58. The highest BCUT2D eigenvalue weighted by Gasteiger charge is 2.34. The van der Waals surface area contributed by atoms with Crippen molar-refractivity contribution >= 4 is 17.8 Å². The van der Waals surface area contributed by atoms with Crippen molar-refractivity contribution in [3.8, 4) is 23.6 Å². The smallest absolute Gasteiger partial charge is 0.417 e. The number of amides is 2. The van der Waals surface area contributed by atoms with Gasteiger partial charge >= 0.3 is 6.09 Å². The molecule has 1 aliphatic rings. The summed E-state index contributed by atoms with van der Waals surface area (Å²) in [5.74, 6) is 2.55. The molecule has 2 amide bonds. The van der Waals surface area contributed by atoms with E-state index in [9.17, 15) is 9.59 Å². The predicted octanol–water partition coefficient (Wildman–Crippen LogP) is 2.58. The topological polar surface area (TPSA) is 90.5 Å². The molecule has 140 valence electrons. The third-order valence-corrected chi connectivity index (χ3v) is 4.38. The van der Waals surface area contributed by atoms with E-state index in [1.54, 1.807) is 32.9 Å². The third-order valence-electron chi connectivity index (χ3n) is 4.38. The molecule has 2 aromatic rings. The zero-order valence-electron chi connectivity index (χ0n) is 15.9. The summed E-state index contributed by atoms with van der Waals surface area (Å²) < 4.78 is 7.26. The highest BCUT2D eigenvalue weighted by molar-refractivity contribution is 6.05. The van der Waals surface area contributed by atoms with Crippen LogP contribution in [0.1, 0.15) is 42.4 Å². The fourth-order valence-electron chi connectivity index (χ4n) is 3.14. The summed E-state index contributed by atoms with van der Waals surface area (Å²) in [5.41, 5.74) is 8.50. The van der Waals surface area contributed by atoms with Crippen molar-refractivity contribution in [3.63, 3.8) is 0 Å². The van der Waals surface area contributed by atoms with Gasteiger partial charge in [0.25, 0.3) is 5.91 Å². The van der Waals surface area contributed by atoms with E-state index in [1.807, 2.05) is 11.6 Å². The van der Waals surface area contributed by atoms with Crippen molar-refractivity contribution < 1.29 is 14.3 Å². The van der Waals surface area contributed by atoms with Crippen LogP contribution in [0.4, 0.5) is 10.6 Å². The lowest BCUT2D eigenvalue weighted by atomic mass is 10.1. The number of aromatic nitrogens is 2. The van der Waals surface area contributed by atoms with Crippen LogP contribution in [-0.2, 0) is 18.2 Å². The monoisotopic (exact) mass is 366 g/mol. The highest BCUT2D eigenvalue weighted by atomic mass is 16.6. The van der Waals surface area contributed by atoms with Crippen LogP contribution in [0.5, 0.6) is 0 Å². The van der Waals surface area contributed by atoms with Crippen LogP contribution in [0.3, 0.4) is 0 Å². The molecule has 0 unspecified atom stereocenters. The fourth-order valence-corrected chi connectivity index (χ4v) is 3.14. The maximum Gasteiger partial charge on any atom is 0.417 e. The zero-order chi connectivity index (χ0) is 19.9. The molecule has 0 aliphatic carbocycles. The SMILES string of the molecule is C#Cc1cnc(N)cc1-c1cc2c(n1C)CCN(C(=O)OC(C)(C)C)C2=O. The molecule has 3 heterocycles. The number of imide groups is 1. The molecule has 0 aromatic carbocycles. The number of ether oxygens (including phenoxy) is 1. The Balaban J connectivity index is 2.02. The fraction of sp³-hybridized carbons (Fsp3) is 0.350. The van der Waals surface area contributed by atoms with E-state index in [1.165, 1.54) is 6.20 Å². The maximum atomic E-state index is 12.9. The van der Waals surface area contributed by atoms with Crippen molar-refractivity contribution in [3.05, 3.63) is 35.2 Å². The zero-order valence-corrected chi connectivity index (χ0v) is 15.9. The molecular formula is C20H22N4O3. The van der Waals surface area contributed by atoms with E-state index in [0.717, 1.165) is 21.9 Å². The lowest BCUT2D eigenvalue weighted by molar-refractivity contribution is 0.0232. The molecule has 1 aliphatic heterocycles. The minimum Gasteiger partial charge on any atom is -0.443 e. The molecule has 7 heteroatoms. The Morgan fingerprint density at radius 2 is 2.04 bits per heavy atom. The van der Waals surface area contributed by atoms with Crippen LogP contribution in [0.15, 0.2) is 18.3 Å². The van der Waals surface area contributed by atoms with Crippen molar-refractivity contribution in [1.29, 1.82) is 0 Å². The molecule has 7 nitrogen and oxygen atoms in total. The van der Waals surface area contributed by atoms with Gasteiger partial charge in [-0.25, -0.2) is 14.7 Å². The molecule has 27 heavy (non-hydrogen) atoms. The van der Waals surface area contributed by atoms with E-state index < -0.39 is 11.7 Å². The summed E-state index contributed by atoms with van der Waals surface area (Å²) >= 11 is 0. The van der Waals surface area contributed by atoms with Crippen LogP contribution < -0.4 is 5.73 Å². The normalized spacial score (nSPS) is 13.9. The standard InChI is InChI=1S/C20H22N4O3/c1-6-12-11-22-17(21)10-13(12)16-9-14-15(23(16)5)7-8-24(18(14)25)19(26)27-20(2,3)4/h1,9-11H,7-8H2,2-5H3,(H2,21,22). The van der Waals surface area contributed by atoms with Gasteiger partial charge in [-0.2, -0.15) is 0 Å². The minimum absolute atomic E-state index is 0.262. The van der Waals surface area contributed by atoms with E-state index >= 15 is 0 Å². The van der Waals surface area contributed by atoms with Crippen LogP contribution in [0.2, 0.25) is 0 Å². The number of pyridine rings is 1. The van der Waals surface area contributed by atoms with Gasteiger partial charge in [0.1, 0.15) is 11.4 Å². The quantitative estimate of drug-likeness (QED) is 0.784. The Morgan fingerprint density at radius 1 is 1.33 bits per heavy atom. The van der Waals surface area contributed by atoms with Gasteiger partial charge in [-0.05, 0) is 32.9 Å². The molecule has 0 atom stereocenters. The van der Waals surface area contributed by atoms with Crippen LogP contribution in [0.25, 0.3) is 11.3 Å². The molecule has 3 rings (SSSR count). The van der Waals surface area contributed by atoms with Gasteiger partial charge in [0.2, 0.25) is 0 Å². The minimum atomic E-state index is -0.671. The Labute approximate surface area is 158 Å². The molecule has 0 bridgehead atoms. The van der Waals surface area contributed by atoms with E-state index in [-0.39, 0.29) is 12.5 Å². The van der Waals surface area contributed by atoms with Gasteiger partial charge < -0.3 is 15.0 Å². The Kier molecular flexibility index (Phi) is 4.44.